The zero-order valence-electron chi connectivity index (χ0n) is 15.9. The highest BCUT2D eigenvalue weighted by Gasteiger charge is 2.14. The van der Waals surface area contributed by atoms with Crippen molar-refractivity contribution < 1.29 is 14.5 Å². The van der Waals surface area contributed by atoms with E-state index in [1.807, 2.05) is 34.9 Å². The summed E-state index contributed by atoms with van der Waals surface area (Å²) in [6, 6.07) is 15.0. The third-order valence-electron chi connectivity index (χ3n) is 3.91. The molecule has 1 amide bonds. The molecule has 30 heavy (non-hydrogen) atoms. The average Bonchev–Trinajstić information content (AvgIpc) is 3.14. The van der Waals surface area contributed by atoms with Gasteiger partial charge in [-0.3, -0.25) is 19.5 Å². The van der Waals surface area contributed by atoms with E-state index in [-0.39, 0.29) is 24.0 Å². The summed E-state index contributed by atoms with van der Waals surface area (Å²) in [5, 5.41) is 22.3. The summed E-state index contributed by atoms with van der Waals surface area (Å²) in [6.45, 7) is 4.47. The zero-order chi connectivity index (χ0) is 21.3. The van der Waals surface area contributed by atoms with Crippen LogP contribution in [0.5, 0.6) is 5.75 Å². The molecule has 0 unspecified atom stereocenters. The number of hydrogen-bond acceptors (Lipinski definition) is 7. The number of allylic oxidation sites excluding steroid dienone is 1. The van der Waals surface area contributed by atoms with E-state index in [4.69, 9.17) is 4.74 Å². The van der Waals surface area contributed by atoms with Crippen molar-refractivity contribution in [2.45, 2.75) is 18.3 Å². The molecule has 0 fully saturated rings. The molecule has 154 valence electrons. The van der Waals surface area contributed by atoms with Crippen LogP contribution in [0.1, 0.15) is 5.82 Å². The summed E-state index contributed by atoms with van der Waals surface area (Å²) in [5.41, 5.74) is 0.445. The first-order valence-corrected chi connectivity index (χ1v) is 9.93. The molecule has 3 rings (SSSR count). The van der Waals surface area contributed by atoms with E-state index >= 15 is 0 Å². The molecule has 3 aromatic rings. The van der Waals surface area contributed by atoms with Gasteiger partial charge >= 0.3 is 0 Å². The maximum atomic E-state index is 12.2. The largest absolute Gasteiger partial charge is 0.486 e. The van der Waals surface area contributed by atoms with Crippen molar-refractivity contribution >= 4 is 29.0 Å². The molecule has 9 nitrogen and oxygen atoms in total. The van der Waals surface area contributed by atoms with Crippen LogP contribution in [0.3, 0.4) is 0 Å². The number of amides is 1. The third kappa shape index (κ3) is 5.67. The molecular formula is C20H19N5O4S. The van der Waals surface area contributed by atoms with Gasteiger partial charge in [0.15, 0.2) is 11.0 Å². The number of rotatable bonds is 10. The molecule has 1 aromatic heterocycles. The standard InChI is InChI=1S/C20H19N5O4S/c1-2-12-24-18(13-29-17-6-4-3-5-7-17)22-23-20(24)30-14-19(26)21-15-8-10-16(11-9-15)25(27)28/h2-11H,1,12-14H2,(H,21,26). The van der Waals surface area contributed by atoms with Crippen LogP contribution in [0, 0.1) is 10.1 Å². The lowest BCUT2D eigenvalue weighted by Crippen LogP contribution is -2.15. The molecule has 0 spiro atoms. The number of thioether (sulfide) groups is 1. The Balaban J connectivity index is 1.58. The Morgan fingerprint density at radius 2 is 1.93 bits per heavy atom. The first-order valence-electron chi connectivity index (χ1n) is 8.94. The summed E-state index contributed by atoms with van der Waals surface area (Å²) in [6.07, 6.45) is 1.72. The van der Waals surface area contributed by atoms with E-state index in [0.717, 1.165) is 5.75 Å². The molecule has 0 radical (unpaired) electrons. The lowest BCUT2D eigenvalue weighted by atomic mass is 10.3. The van der Waals surface area contributed by atoms with Crippen LogP contribution in [-0.2, 0) is 17.9 Å². The smallest absolute Gasteiger partial charge is 0.269 e. The zero-order valence-corrected chi connectivity index (χ0v) is 16.7. The first kappa shape index (κ1) is 21.1. The third-order valence-corrected chi connectivity index (χ3v) is 4.88. The topological polar surface area (TPSA) is 112 Å². The second-order valence-corrected chi connectivity index (χ2v) is 6.98. The number of nitro benzene ring substituents is 1. The van der Waals surface area contributed by atoms with Gasteiger partial charge < -0.3 is 10.1 Å². The Kier molecular flexibility index (Phi) is 7.17. The van der Waals surface area contributed by atoms with Crippen molar-refractivity contribution in [2.24, 2.45) is 0 Å². The van der Waals surface area contributed by atoms with Crippen molar-refractivity contribution in [1.82, 2.24) is 14.8 Å². The number of anilines is 1. The summed E-state index contributed by atoms with van der Waals surface area (Å²) in [7, 11) is 0. The fourth-order valence-corrected chi connectivity index (χ4v) is 3.27. The van der Waals surface area contributed by atoms with Gasteiger partial charge in [0.2, 0.25) is 5.91 Å². The van der Waals surface area contributed by atoms with E-state index in [2.05, 4.69) is 22.1 Å². The molecule has 1 N–H and O–H groups in total. The van der Waals surface area contributed by atoms with E-state index in [1.54, 1.807) is 6.08 Å². The fraction of sp³-hybridized carbons (Fsp3) is 0.150. The van der Waals surface area contributed by atoms with Gasteiger partial charge in [0, 0.05) is 24.4 Å². The molecule has 0 aliphatic rings. The Bertz CT molecular complexity index is 1020. The minimum Gasteiger partial charge on any atom is -0.486 e. The van der Waals surface area contributed by atoms with Crippen LogP contribution in [0.4, 0.5) is 11.4 Å². The Hall–Kier alpha value is -3.66. The number of aromatic nitrogens is 3. The Labute approximate surface area is 176 Å². The highest BCUT2D eigenvalue weighted by atomic mass is 32.2. The van der Waals surface area contributed by atoms with Gasteiger partial charge in [-0.15, -0.1) is 16.8 Å². The van der Waals surface area contributed by atoms with E-state index in [1.165, 1.54) is 36.0 Å². The van der Waals surface area contributed by atoms with Gasteiger partial charge in [0.25, 0.3) is 5.69 Å². The maximum absolute atomic E-state index is 12.2. The quantitative estimate of drug-likeness (QED) is 0.228. The SMILES string of the molecule is C=CCn1c(COc2ccccc2)nnc1SCC(=O)Nc1ccc([N+](=O)[O-])cc1. The van der Waals surface area contributed by atoms with Crippen molar-refractivity contribution in [2.75, 3.05) is 11.1 Å². The number of ether oxygens (including phenoxy) is 1. The number of carbonyl (C=O) groups is 1. The second-order valence-electron chi connectivity index (χ2n) is 6.04. The molecule has 0 aliphatic carbocycles. The van der Waals surface area contributed by atoms with Crippen molar-refractivity contribution in [3.63, 3.8) is 0 Å². The molecule has 0 bridgehead atoms. The molecule has 0 aliphatic heterocycles. The van der Waals surface area contributed by atoms with Gasteiger partial charge in [-0.1, -0.05) is 36.0 Å². The van der Waals surface area contributed by atoms with Crippen LogP contribution in [0.15, 0.2) is 72.4 Å². The fourth-order valence-electron chi connectivity index (χ4n) is 2.50. The highest BCUT2D eigenvalue weighted by Crippen LogP contribution is 2.20. The molecule has 0 saturated heterocycles. The number of nitrogens with one attached hydrogen (secondary N) is 1. The Morgan fingerprint density at radius 1 is 1.20 bits per heavy atom. The average molecular weight is 425 g/mol. The number of benzene rings is 2. The number of non-ortho nitro benzene ring substituents is 1. The van der Waals surface area contributed by atoms with Crippen molar-refractivity contribution in [1.29, 1.82) is 0 Å². The number of carbonyl (C=O) groups excluding carboxylic acids is 1. The summed E-state index contributed by atoms with van der Waals surface area (Å²) >= 11 is 1.23. The number of para-hydroxylation sites is 1. The predicted molar refractivity (Wildman–Crippen MR) is 113 cm³/mol. The number of hydrogen-bond donors (Lipinski definition) is 1. The highest BCUT2D eigenvalue weighted by molar-refractivity contribution is 7.99. The monoisotopic (exact) mass is 425 g/mol. The molecule has 1 heterocycles. The number of nitrogens with zero attached hydrogens (tertiary/aromatic N) is 4. The summed E-state index contributed by atoms with van der Waals surface area (Å²) in [4.78, 5) is 22.4. The van der Waals surface area contributed by atoms with Crippen LogP contribution in [-0.4, -0.2) is 31.3 Å². The van der Waals surface area contributed by atoms with Gasteiger partial charge in [0.05, 0.1) is 10.7 Å². The minimum absolute atomic E-state index is 0.0369. The minimum atomic E-state index is -0.493. The van der Waals surface area contributed by atoms with Crippen LogP contribution < -0.4 is 10.1 Å². The lowest BCUT2D eigenvalue weighted by Gasteiger charge is -2.09. The lowest BCUT2D eigenvalue weighted by molar-refractivity contribution is -0.384. The summed E-state index contributed by atoms with van der Waals surface area (Å²) < 4.78 is 7.56. The van der Waals surface area contributed by atoms with Gasteiger partial charge in [-0.05, 0) is 24.3 Å². The van der Waals surface area contributed by atoms with Crippen LogP contribution in [0.25, 0.3) is 0 Å². The second kappa shape index (κ2) is 10.2. The van der Waals surface area contributed by atoms with Gasteiger partial charge in [-0.2, -0.15) is 0 Å². The van der Waals surface area contributed by atoms with Crippen LogP contribution in [0.2, 0.25) is 0 Å². The maximum Gasteiger partial charge on any atom is 0.269 e. The first-order chi connectivity index (χ1) is 14.6. The van der Waals surface area contributed by atoms with E-state index < -0.39 is 4.92 Å². The van der Waals surface area contributed by atoms with Gasteiger partial charge in [-0.25, -0.2) is 0 Å². The van der Waals surface area contributed by atoms with E-state index in [9.17, 15) is 14.9 Å². The van der Waals surface area contributed by atoms with Gasteiger partial charge in [0.1, 0.15) is 12.4 Å². The number of nitro groups is 1. The van der Waals surface area contributed by atoms with Crippen molar-refractivity contribution in [3.05, 3.63) is 83.2 Å². The normalized spacial score (nSPS) is 10.4. The molecule has 2 aromatic carbocycles. The van der Waals surface area contributed by atoms with Crippen molar-refractivity contribution in [3.8, 4) is 5.75 Å². The van der Waals surface area contributed by atoms with E-state index in [0.29, 0.717) is 23.2 Å². The molecule has 10 heteroatoms. The Morgan fingerprint density at radius 3 is 2.60 bits per heavy atom. The molecule has 0 saturated carbocycles. The predicted octanol–water partition coefficient (Wildman–Crippen LogP) is 3.68. The molecular weight excluding hydrogens is 406 g/mol. The van der Waals surface area contributed by atoms with Crippen LogP contribution >= 0.6 is 11.8 Å². The summed E-state index contributed by atoms with van der Waals surface area (Å²) in [5.74, 6) is 1.19. The molecule has 0 atom stereocenters.